The van der Waals surface area contributed by atoms with Crippen LogP contribution in [0.4, 0.5) is 8.78 Å². The molecule has 0 spiro atoms. The fourth-order valence-corrected chi connectivity index (χ4v) is 0.879. The molecule has 0 aliphatic rings. The minimum Gasteiger partial charge on any atom is -0.455 e. The molecule has 1 aromatic rings. The topological polar surface area (TPSA) is 9.23 Å². The largest absolute Gasteiger partial charge is 0.455 e. The lowest BCUT2D eigenvalue weighted by Crippen LogP contribution is -2.28. The summed E-state index contributed by atoms with van der Waals surface area (Å²) < 4.78 is 29.8. The lowest BCUT2D eigenvalue weighted by atomic mass is 10.2. The van der Waals surface area contributed by atoms with Crippen molar-refractivity contribution in [2.24, 2.45) is 0 Å². The summed E-state index contributed by atoms with van der Waals surface area (Å²) in [6.07, 6.45) is 0. The van der Waals surface area contributed by atoms with Crippen molar-refractivity contribution in [2.45, 2.75) is 19.7 Å². The number of hydrogen-bond acceptors (Lipinski definition) is 1. The van der Waals surface area contributed by atoms with Crippen LogP contribution in [0.1, 0.15) is 12.5 Å². The molecule has 0 aliphatic heterocycles. The molecular formula is C10H12F2O. The molecule has 1 atom stereocenters. The highest BCUT2D eigenvalue weighted by Gasteiger charge is 2.24. The van der Waals surface area contributed by atoms with Crippen LogP contribution in [0.2, 0.25) is 0 Å². The van der Waals surface area contributed by atoms with Crippen molar-refractivity contribution >= 4 is 0 Å². The van der Waals surface area contributed by atoms with Crippen LogP contribution in [0.5, 0.6) is 5.75 Å². The molecule has 0 amide bonds. The Labute approximate surface area is 76.3 Å². The molecule has 1 aromatic carbocycles. The van der Waals surface area contributed by atoms with Crippen LogP contribution in [0.3, 0.4) is 0 Å². The Morgan fingerprint density at radius 2 is 1.85 bits per heavy atom. The van der Waals surface area contributed by atoms with Gasteiger partial charge < -0.3 is 4.74 Å². The molecular weight excluding hydrogens is 174 g/mol. The Morgan fingerprint density at radius 1 is 1.31 bits per heavy atom. The van der Waals surface area contributed by atoms with Crippen LogP contribution >= 0.6 is 0 Å². The molecule has 0 saturated carbocycles. The van der Waals surface area contributed by atoms with E-state index in [0.717, 1.165) is 12.5 Å². The van der Waals surface area contributed by atoms with Crippen molar-refractivity contribution in [3.63, 3.8) is 0 Å². The maximum atomic E-state index is 13.0. The van der Waals surface area contributed by atoms with Crippen LogP contribution in [-0.4, -0.2) is 12.5 Å². The molecule has 0 bridgehead atoms. The zero-order valence-corrected chi connectivity index (χ0v) is 7.68. The maximum Gasteiger partial charge on any atom is 0.273 e. The van der Waals surface area contributed by atoms with Gasteiger partial charge in [0.25, 0.3) is 5.85 Å². The third-order valence-electron chi connectivity index (χ3n) is 1.59. The van der Waals surface area contributed by atoms with Crippen LogP contribution in [-0.2, 0) is 0 Å². The van der Waals surface area contributed by atoms with E-state index in [0.29, 0.717) is 5.75 Å². The second-order valence-corrected chi connectivity index (χ2v) is 3.15. The lowest BCUT2D eigenvalue weighted by molar-refractivity contribution is -0.0622. The van der Waals surface area contributed by atoms with E-state index < -0.39 is 12.5 Å². The van der Waals surface area contributed by atoms with E-state index >= 15 is 0 Å². The molecule has 0 N–H and O–H groups in total. The summed E-state index contributed by atoms with van der Waals surface area (Å²) in [7, 11) is 0. The van der Waals surface area contributed by atoms with Crippen LogP contribution in [0, 0.1) is 6.92 Å². The first-order valence-electron chi connectivity index (χ1n) is 4.04. The van der Waals surface area contributed by atoms with Gasteiger partial charge in [0.15, 0.2) is 6.67 Å². The number of hydrogen-bond donors (Lipinski definition) is 0. The van der Waals surface area contributed by atoms with Crippen molar-refractivity contribution < 1.29 is 13.5 Å². The van der Waals surface area contributed by atoms with Crippen molar-refractivity contribution in [1.29, 1.82) is 0 Å². The number of aryl methyl sites for hydroxylation is 1. The number of benzene rings is 1. The Kier molecular flexibility index (Phi) is 2.86. The van der Waals surface area contributed by atoms with E-state index in [4.69, 9.17) is 4.74 Å². The van der Waals surface area contributed by atoms with Gasteiger partial charge in [0.1, 0.15) is 5.75 Å². The summed E-state index contributed by atoms with van der Waals surface area (Å²) >= 11 is 0. The van der Waals surface area contributed by atoms with Crippen LogP contribution < -0.4 is 4.74 Å². The molecule has 13 heavy (non-hydrogen) atoms. The first-order valence-corrected chi connectivity index (χ1v) is 4.04. The molecule has 0 aliphatic carbocycles. The van der Waals surface area contributed by atoms with Gasteiger partial charge in [0.2, 0.25) is 0 Å². The van der Waals surface area contributed by atoms with Crippen molar-refractivity contribution in [3.8, 4) is 5.75 Å². The van der Waals surface area contributed by atoms with Crippen molar-refractivity contribution in [1.82, 2.24) is 0 Å². The minimum atomic E-state index is -2.23. The summed E-state index contributed by atoms with van der Waals surface area (Å²) in [6.45, 7) is 1.82. The van der Waals surface area contributed by atoms with Gasteiger partial charge in [-0.05, 0) is 19.1 Å². The van der Waals surface area contributed by atoms with E-state index in [1.807, 2.05) is 6.92 Å². The zero-order chi connectivity index (χ0) is 9.90. The summed E-state index contributed by atoms with van der Waals surface area (Å²) in [6, 6.07) is 6.79. The quantitative estimate of drug-likeness (QED) is 0.705. The Balaban J connectivity index is 2.69. The smallest absolute Gasteiger partial charge is 0.273 e. The second kappa shape index (κ2) is 3.73. The highest BCUT2D eigenvalue weighted by Crippen LogP contribution is 2.20. The van der Waals surface area contributed by atoms with Gasteiger partial charge >= 0.3 is 0 Å². The number of alkyl halides is 2. The minimum absolute atomic E-state index is 0.341. The predicted octanol–water partition coefficient (Wildman–Crippen LogP) is 3.03. The number of ether oxygens (including phenoxy) is 1. The summed E-state index contributed by atoms with van der Waals surface area (Å²) in [4.78, 5) is 0. The van der Waals surface area contributed by atoms with Gasteiger partial charge in [-0.25, -0.2) is 4.39 Å². The van der Waals surface area contributed by atoms with Crippen molar-refractivity contribution in [2.75, 3.05) is 6.67 Å². The molecule has 72 valence electrons. The zero-order valence-electron chi connectivity index (χ0n) is 7.68. The van der Waals surface area contributed by atoms with Gasteiger partial charge in [-0.2, -0.15) is 4.39 Å². The molecule has 0 heterocycles. The third kappa shape index (κ3) is 3.01. The van der Waals surface area contributed by atoms with Crippen LogP contribution in [0.15, 0.2) is 24.3 Å². The average molecular weight is 186 g/mol. The summed E-state index contributed by atoms with van der Waals surface area (Å²) in [5.41, 5.74) is 1.05. The molecule has 1 rings (SSSR count). The molecule has 0 fully saturated rings. The molecule has 1 nitrogen and oxygen atoms in total. The van der Waals surface area contributed by atoms with E-state index in [1.54, 1.807) is 24.3 Å². The fourth-order valence-electron chi connectivity index (χ4n) is 0.879. The Hall–Kier alpha value is -1.12. The number of halogens is 2. The van der Waals surface area contributed by atoms with Crippen molar-refractivity contribution in [3.05, 3.63) is 29.8 Å². The monoisotopic (exact) mass is 186 g/mol. The average Bonchev–Trinajstić information content (AvgIpc) is 2.09. The van der Waals surface area contributed by atoms with E-state index in [-0.39, 0.29) is 0 Å². The highest BCUT2D eigenvalue weighted by atomic mass is 19.2. The molecule has 3 heteroatoms. The van der Waals surface area contributed by atoms with Gasteiger partial charge in [-0.15, -0.1) is 0 Å². The third-order valence-corrected chi connectivity index (χ3v) is 1.59. The standard InChI is InChI=1S/C10H12F2O/c1-8-3-5-9(6-4-8)13-10(2,12)7-11/h3-6H,7H2,1-2H3. The lowest BCUT2D eigenvalue weighted by Gasteiger charge is -2.18. The first kappa shape index (κ1) is 9.96. The Morgan fingerprint density at radius 3 is 2.31 bits per heavy atom. The normalized spacial score (nSPS) is 15.1. The molecule has 0 radical (unpaired) electrons. The van der Waals surface area contributed by atoms with E-state index in [2.05, 4.69) is 0 Å². The fraction of sp³-hybridized carbons (Fsp3) is 0.400. The summed E-state index contributed by atoms with van der Waals surface area (Å²) in [5, 5.41) is 0. The molecule has 1 unspecified atom stereocenters. The van der Waals surface area contributed by atoms with Gasteiger partial charge in [-0.3, -0.25) is 0 Å². The maximum absolute atomic E-state index is 13.0. The first-order chi connectivity index (χ1) is 6.03. The molecule has 0 aromatic heterocycles. The molecule has 0 saturated heterocycles. The predicted molar refractivity (Wildman–Crippen MR) is 47.3 cm³/mol. The van der Waals surface area contributed by atoms with Crippen LogP contribution in [0.25, 0.3) is 0 Å². The second-order valence-electron chi connectivity index (χ2n) is 3.15. The van der Waals surface area contributed by atoms with Gasteiger partial charge in [-0.1, -0.05) is 17.7 Å². The van der Waals surface area contributed by atoms with E-state index in [9.17, 15) is 8.78 Å². The van der Waals surface area contributed by atoms with Gasteiger partial charge in [0, 0.05) is 6.92 Å². The van der Waals surface area contributed by atoms with Gasteiger partial charge in [0.05, 0.1) is 0 Å². The van der Waals surface area contributed by atoms with E-state index in [1.165, 1.54) is 0 Å². The summed E-state index contributed by atoms with van der Waals surface area (Å²) in [5.74, 6) is -1.89. The number of rotatable bonds is 3. The highest BCUT2D eigenvalue weighted by molar-refractivity contribution is 5.26. The Bertz CT molecular complexity index is 267. The SMILES string of the molecule is Cc1ccc(OC(C)(F)CF)cc1.